The lowest BCUT2D eigenvalue weighted by atomic mass is 9.99. The Kier molecular flexibility index (Phi) is 19.1. The van der Waals surface area contributed by atoms with Crippen molar-refractivity contribution >= 4 is 52.4 Å². The maximum absolute atomic E-state index is 15.3. The van der Waals surface area contributed by atoms with Crippen molar-refractivity contribution in [2.75, 3.05) is 19.6 Å². The summed E-state index contributed by atoms with van der Waals surface area (Å²) in [5, 5.41) is 18.1. The zero-order valence-electron chi connectivity index (χ0n) is 43.1. The van der Waals surface area contributed by atoms with Crippen molar-refractivity contribution in [1.29, 1.82) is 0 Å². The van der Waals surface area contributed by atoms with Gasteiger partial charge in [0.25, 0.3) is 0 Å². The van der Waals surface area contributed by atoms with Gasteiger partial charge in [0.2, 0.25) is 35.4 Å². The molecule has 1 aromatic heterocycles. The van der Waals surface area contributed by atoms with E-state index in [4.69, 9.17) is 15.2 Å². The van der Waals surface area contributed by atoms with E-state index in [2.05, 4.69) is 36.9 Å². The summed E-state index contributed by atoms with van der Waals surface area (Å²) in [7, 11) is 0. The van der Waals surface area contributed by atoms with Crippen molar-refractivity contribution in [2.45, 2.75) is 107 Å². The minimum Gasteiger partial charge on any atom is -0.489 e. The molecule has 77 heavy (non-hydrogen) atoms. The Morgan fingerprint density at radius 3 is 1.91 bits per heavy atom. The number of nitrogens with one attached hydrogen (secondary N) is 7. The summed E-state index contributed by atoms with van der Waals surface area (Å²) in [6, 6.07) is 33.9. The highest BCUT2D eigenvalue weighted by molar-refractivity contribution is 5.99. The molecule has 8 rings (SSSR count). The SMILES string of the molecule is CCCNC(=O)O[C@@H]1C[C@H]2C(=O)N[C@@H](c3ccccc3)C(=O)N[C@H](Cc3c[nH]c4ccccc34)C(=O)N[C@@H](CCCCN)C(=O)N[C@@H](Cc3ccc(OCc4ccccc4)cc3)C(=O)N[C@@H](Cc3ccccc3)C(=O)N2C1. The summed E-state index contributed by atoms with van der Waals surface area (Å²) in [4.78, 5) is 108. The number of benzene rings is 5. The molecule has 2 saturated heterocycles. The second kappa shape index (κ2) is 26.8. The van der Waals surface area contributed by atoms with E-state index in [0.717, 1.165) is 16.5 Å². The predicted octanol–water partition coefficient (Wildman–Crippen LogP) is 4.82. The van der Waals surface area contributed by atoms with Gasteiger partial charge in [-0.3, -0.25) is 28.8 Å². The van der Waals surface area contributed by atoms with Crippen LogP contribution >= 0.6 is 0 Å². The van der Waals surface area contributed by atoms with Gasteiger partial charge in [-0.15, -0.1) is 0 Å². The van der Waals surface area contributed by atoms with Crippen LogP contribution in [0.2, 0.25) is 0 Å². The number of H-pyrrole nitrogens is 1. The molecule has 3 heterocycles. The number of fused-ring (bicyclic) bond motifs is 2. The molecule has 0 radical (unpaired) electrons. The van der Waals surface area contributed by atoms with Crippen LogP contribution in [-0.2, 0) is 59.4 Å². The Labute approximate surface area is 447 Å². The van der Waals surface area contributed by atoms with Crippen molar-refractivity contribution in [1.82, 2.24) is 41.8 Å². The van der Waals surface area contributed by atoms with Gasteiger partial charge in [-0.1, -0.05) is 128 Å². The molecule has 0 bridgehead atoms. The van der Waals surface area contributed by atoms with Crippen molar-refractivity contribution in [3.63, 3.8) is 0 Å². The van der Waals surface area contributed by atoms with E-state index >= 15 is 9.59 Å². The third-order valence-corrected chi connectivity index (χ3v) is 13.8. The first kappa shape index (κ1) is 54.7. The predicted molar refractivity (Wildman–Crippen MR) is 290 cm³/mol. The first-order valence-electron chi connectivity index (χ1n) is 26.3. The lowest BCUT2D eigenvalue weighted by Gasteiger charge is -2.32. The zero-order chi connectivity index (χ0) is 54.1. The molecule has 2 fully saturated rings. The Morgan fingerprint density at radius 2 is 1.21 bits per heavy atom. The second-order valence-electron chi connectivity index (χ2n) is 19.5. The number of hydrogen-bond acceptors (Lipinski definition) is 10. The molecule has 18 heteroatoms. The largest absolute Gasteiger partial charge is 0.489 e. The van der Waals surface area contributed by atoms with Crippen LogP contribution in [-0.4, -0.2) is 107 Å². The minimum absolute atomic E-state index is 0.0302. The summed E-state index contributed by atoms with van der Waals surface area (Å²) >= 11 is 0. The average Bonchev–Trinajstić information content (AvgIpc) is 4.07. The molecule has 7 atom stereocenters. The highest BCUT2D eigenvalue weighted by Crippen LogP contribution is 2.26. The summed E-state index contributed by atoms with van der Waals surface area (Å²) in [5.41, 5.74) is 10.1. The Morgan fingerprint density at radius 1 is 0.623 bits per heavy atom. The summed E-state index contributed by atoms with van der Waals surface area (Å²) < 4.78 is 11.8. The number of carbonyl (C=O) groups excluding carboxylic acids is 7. The van der Waals surface area contributed by atoms with Gasteiger partial charge in [0.1, 0.15) is 54.7 Å². The monoisotopic (exact) mass is 1050 g/mol. The molecular weight excluding hydrogens is 979 g/mol. The van der Waals surface area contributed by atoms with Crippen LogP contribution in [0.25, 0.3) is 10.9 Å². The summed E-state index contributed by atoms with van der Waals surface area (Å²) in [6.45, 7) is 2.63. The van der Waals surface area contributed by atoms with Crippen molar-refractivity contribution in [3.8, 4) is 5.75 Å². The number of aromatic nitrogens is 1. The maximum Gasteiger partial charge on any atom is 0.407 e. The number of unbranched alkanes of at least 4 members (excludes halogenated alkanes) is 1. The van der Waals surface area contributed by atoms with E-state index in [1.165, 1.54) is 4.90 Å². The van der Waals surface area contributed by atoms with Crippen LogP contribution in [0.3, 0.4) is 0 Å². The van der Waals surface area contributed by atoms with E-state index in [-0.39, 0.29) is 38.6 Å². The zero-order valence-corrected chi connectivity index (χ0v) is 43.1. The minimum atomic E-state index is -1.40. The third-order valence-electron chi connectivity index (χ3n) is 13.8. The number of carbonyl (C=O) groups is 7. The van der Waals surface area contributed by atoms with Gasteiger partial charge in [-0.25, -0.2) is 4.79 Å². The van der Waals surface area contributed by atoms with E-state index in [1.807, 2.05) is 67.6 Å². The van der Waals surface area contributed by atoms with Crippen LogP contribution < -0.4 is 42.4 Å². The molecule has 2 aliphatic rings. The van der Waals surface area contributed by atoms with Gasteiger partial charge in [-0.2, -0.15) is 0 Å². The van der Waals surface area contributed by atoms with Crippen LogP contribution in [0.5, 0.6) is 5.75 Å². The number of rotatable bonds is 17. The van der Waals surface area contributed by atoms with Crippen molar-refractivity contribution in [3.05, 3.63) is 174 Å². The van der Waals surface area contributed by atoms with E-state index < -0.39 is 83.9 Å². The lowest BCUT2D eigenvalue weighted by molar-refractivity contribution is -0.143. The molecule has 402 valence electrons. The Bertz CT molecular complexity index is 2960. The molecular formula is C59H67N9O9. The summed E-state index contributed by atoms with van der Waals surface area (Å²) in [5.74, 6) is -3.68. The second-order valence-corrected chi connectivity index (χ2v) is 19.5. The van der Waals surface area contributed by atoms with Crippen LogP contribution in [0, 0.1) is 0 Å². The van der Waals surface area contributed by atoms with Crippen molar-refractivity contribution in [2.24, 2.45) is 5.73 Å². The lowest BCUT2D eigenvalue weighted by Crippen LogP contribution is -2.61. The Hall–Kier alpha value is -8.51. The summed E-state index contributed by atoms with van der Waals surface area (Å²) in [6.07, 6.45) is 1.49. The highest BCUT2D eigenvalue weighted by Gasteiger charge is 2.45. The van der Waals surface area contributed by atoms with Gasteiger partial charge >= 0.3 is 6.09 Å². The normalized spacial score (nSPS) is 21.6. The first-order chi connectivity index (χ1) is 37.5. The number of hydrogen-bond donors (Lipinski definition) is 8. The standard InChI is InChI=1S/C59H67N9O9/c1-2-30-61-59(75)77-44-34-51-56(72)67-52(41-20-10-5-11-21-41)57(73)65-49(33-42-35-62-46-23-13-12-22-45(42)46)55(71)63-47(24-14-15-29-60)53(69)64-48(31-39-25-27-43(28-26-39)76-37-40-18-8-4-9-19-40)54(70)66-50(58(74)68(51)36-44)32-38-16-6-3-7-17-38/h3-13,16-23,25-28,35,44,47-52,62H,2,14-15,24,29-34,36-37,60H2,1H3,(H,61,75)(H,63,71)(H,64,69)(H,65,73)(H,66,70)(H,67,72)/t44-,47+,48+,49-,50+,51+,52+/m1/s1. The van der Waals surface area contributed by atoms with Gasteiger partial charge in [0.15, 0.2) is 0 Å². The molecule has 0 aliphatic carbocycles. The third kappa shape index (κ3) is 14.9. The molecule has 6 aromatic rings. The van der Waals surface area contributed by atoms with Crippen LogP contribution in [0.4, 0.5) is 4.79 Å². The van der Waals surface area contributed by atoms with Gasteiger partial charge < -0.3 is 57.0 Å². The number of nitrogens with two attached hydrogens (primary N) is 1. The van der Waals surface area contributed by atoms with E-state index in [0.29, 0.717) is 67.0 Å². The molecule has 2 aliphatic heterocycles. The fourth-order valence-electron chi connectivity index (χ4n) is 9.70. The number of alkyl carbamates (subject to hydrolysis) is 1. The van der Waals surface area contributed by atoms with Crippen molar-refractivity contribution < 1.29 is 43.0 Å². The Balaban J connectivity index is 1.19. The number of aromatic amines is 1. The van der Waals surface area contributed by atoms with E-state index in [9.17, 15) is 24.0 Å². The number of para-hydroxylation sites is 1. The highest BCUT2D eigenvalue weighted by atomic mass is 16.6. The molecule has 0 spiro atoms. The molecule has 5 aromatic carbocycles. The topological polar surface area (TPSA) is 255 Å². The number of ether oxygens (including phenoxy) is 2. The van der Waals surface area contributed by atoms with Gasteiger partial charge in [-0.05, 0) is 78.2 Å². The number of amides is 7. The molecule has 0 unspecified atom stereocenters. The van der Waals surface area contributed by atoms with Gasteiger partial charge in [0.05, 0.1) is 6.54 Å². The van der Waals surface area contributed by atoms with Crippen LogP contribution in [0.1, 0.15) is 72.9 Å². The smallest absolute Gasteiger partial charge is 0.407 e. The average molecular weight is 1050 g/mol. The molecule has 9 N–H and O–H groups in total. The van der Waals surface area contributed by atoms with Gasteiger partial charge in [0, 0.05) is 49.3 Å². The fraction of sp³-hybridized carbons (Fsp3) is 0.339. The molecule has 7 amide bonds. The number of nitrogens with zero attached hydrogens (tertiary/aromatic N) is 1. The van der Waals surface area contributed by atoms with E-state index in [1.54, 1.807) is 85.1 Å². The van der Waals surface area contributed by atoms with Crippen LogP contribution in [0.15, 0.2) is 146 Å². The first-order valence-corrected chi connectivity index (χ1v) is 26.3. The quantitative estimate of drug-likeness (QED) is 0.0578. The molecule has 18 nitrogen and oxygen atoms in total. The maximum atomic E-state index is 15.3. The fourth-order valence-corrected chi connectivity index (χ4v) is 9.70. The molecule has 0 saturated carbocycles.